The monoisotopic (exact) mass is 732 g/mol. The summed E-state index contributed by atoms with van der Waals surface area (Å²) in [5, 5.41) is 9.71. The second-order valence-corrected chi connectivity index (χ2v) is 14.2. The predicted octanol–water partition coefficient (Wildman–Crippen LogP) is 5.96. The first kappa shape index (κ1) is 35.1. The van der Waals surface area contributed by atoms with Gasteiger partial charge in [0.1, 0.15) is 43.5 Å². The SMILES string of the molecule is Cc1nn(CCC(C)C)c(=O)n1-c1ccc(N2CCN(c3ccc(OC[C@H]4CO[C@](Cn5cncn5)(c5ccc(Cl)cc5Cl)O4)cc3)CC2)cc1. The largest absolute Gasteiger partial charge is 0.491 e. The third kappa shape index (κ3) is 7.79. The molecule has 2 aliphatic rings. The Kier molecular flexibility index (Phi) is 10.4. The fraction of sp³-hybridized carbons (Fsp3) is 0.405. The lowest BCUT2D eigenvalue weighted by molar-refractivity contribution is -0.190. The van der Waals surface area contributed by atoms with Gasteiger partial charge in [-0.05, 0) is 79.9 Å². The molecule has 3 aromatic carbocycles. The van der Waals surface area contributed by atoms with Gasteiger partial charge in [0.2, 0.25) is 5.79 Å². The second-order valence-electron chi connectivity index (χ2n) is 13.4. The van der Waals surface area contributed by atoms with E-state index in [2.05, 4.69) is 63.1 Å². The van der Waals surface area contributed by atoms with Crippen molar-refractivity contribution in [3.8, 4) is 11.4 Å². The zero-order valence-corrected chi connectivity index (χ0v) is 30.5. The lowest BCUT2D eigenvalue weighted by Gasteiger charge is -2.37. The Labute approximate surface area is 307 Å². The molecule has 14 heteroatoms. The molecule has 0 spiro atoms. The molecule has 2 aromatic heterocycles. The number of aryl methyl sites for hydroxylation is 2. The summed E-state index contributed by atoms with van der Waals surface area (Å²) in [5.74, 6) is 0.798. The molecule has 0 unspecified atom stereocenters. The van der Waals surface area contributed by atoms with Gasteiger partial charge >= 0.3 is 5.69 Å². The van der Waals surface area contributed by atoms with Crippen LogP contribution in [0.1, 0.15) is 31.7 Å². The van der Waals surface area contributed by atoms with Crippen molar-refractivity contribution >= 4 is 34.6 Å². The fourth-order valence-corrected chi connectivity index (χ4v) is 7.15. The first-order valence-electron chi connectivity index (χ1n) is 17.3. The summed E-state index contributed by atoms with van der Waals surface area (Å²) in [7, 11) is 0. The van der Waals surface area contributed by atoms with Crippen LogP contribution in [0.5, 0.6) is 5.75 Å². The van der Waals surface area contributed by atoms with Crippen molar-refractivity contribution in [1.82, 2.24) is 29.1 Å². The van der Waals surface area contributed by atoms with Crippen LogP contribution in [0.4, 0.5) is 11.4 Å². The minimum atomic E-state index is -1.16. The molecule has 0 saturated carbocycles. The van der Waals surface area contributed by atoms with Crippen molar-refractivity contribution in [3.05, 3.63) is 111 Å². The topological polar surface area (TPSA) is 105 Å². The number of piperazine rings is 1. The van der Waals surface area contributed by atoms with Crippen LogP contribution in [0.2, 0.25) is 10.0 Å². The van der Waals surface area contributed by atoms with Crippen LogP contribution in [0.25, 0.3) is 5.69 Å². The number of aromatic nitrogens is 6. The van der Waals surface area contributed by atoms with E-state index in [4.69, 9.17) is 37.4 Å². The van der Waals surface area contributed by atoms with E-state index in [-0.39, 0.29) is 18.3 Å². The summed E-state index contributed by atoms with van der Waals surface area (Å²) in [6.45, 7) is 11.2. The fourth-order valence-electron chi connectivity index (χ4n) is 6.60. The first-order chi connectivity index (χ1) is 24.7. The van der Waals surface area contributed by atoms with Gasteiger partial charge in [-0.2, -0.15) is 10.2 Å². The number of nitrogens with zero attached hydrogens (tertiary/aromatic N) is 8. The summed E-state index contributed by atoms with van der Waals surface area (Å²) >= 11 is 12.8. The van der Waals surface area contributed by atoms with Gasteiger partial charge < -0.3 is 24.0 Å². The Morgan fingerprint density at radius 2 is 1.61 bits per heavy atom. The van der Waals surface area contributed by atoms with Gasteiger partial charge in [0.05, 0.1) is 17.3 Å². The Balaban J connectivity index is 0.922. The molecule has 0 bridgehead atoms. The average Bonchev–Trinajstić information content (AvgIpc) is 3.86. The van der Waals surface area contributed by atoms with Crippen LogP contribution in [-0.2, 0) is 28.4 Å². The molecule has 2 aliphatic heterocycles. The van der Waals surface area contributed by atoms with Crippen molar-refractivity contribution in [2.75, 3.05) is 49.2 Å². The van der Waals surface area contributed by atoms with E-state index in [1.54, 1.807) is 32.4 Å². The first-order valence-corrected chi connectivity index (χ1v) is 18.0. The summed E-state index contributed by atoms with van der Waals surface area (Å²) in [6, 6.07) is 21.6. The zero-order chi connectivity index (χ0) is 35.5. The summed E-state index contributed by atoms with van der Waals surface area (Å²) in [5.41, 5.74) is 3.70. The quantitative estimate of drug-likeness (QED) is 0.154. The lowest BCUT2D eigenvalue weighted by atomic mass is 10.1. The van der Waals surface area contributed by atoms with Crippen LogP contribution < -0.4 is 20.2 Å². The number of halogens is 2. The van der Waals surface area contributed by atoms with E-state index in [1.807, 2.05) is 37.3 Å². The van der Waals surface area contributed by atoms with E-state index < -0.39 is 5.79 Å². The van der Waals surface area contributed by atoms with Gasteiger partial charge in [0.25, 0.3) is 0 Å². The van der Waals surface area contributed by atoms with E-state index in [9.17, 15) is 4.79 Å². The Bertz CT molecular complexity index is 1970. The van der Waals surface area contributed by atoms with Crippen LogP contribution in [-0.4, -0.2) is 74.6 Å². The Hall–Kier alpha value is -4.36. The van der Waals surface area contributed by atoms with Crippen LogP contribution in [0, 0.1) is 12.8 Å². The molecular weight excluding hydrogens is 691 g/mol. The van der Waals surface area contributed by atoms with Crippen molar-refractivity contribution in [1.29, 1.82) is 0 Å². The van der Waals surface area contributed by atoms with Crippen molar-refractivity contribution in [2.45, 2.75) is 52.2 Å². The van der Waals surface area contributed by atoms with Crippen molar-refractivity contribution in [3.63, 3.8) is 0 Å². The Morgan fingerprint density at radius 1 is 0.941 bits per heavy atom. The summed E-state index contributed by atoms with van der Waals surface area (Å²) in [4.78, 5) is 21.8. The number of hydrogen-bond acceptors (Lipinski definition) is 9. The van der Waals surface area contributed by atoms with Gasteiger partial charge in [-0.3, -0.25) is 0 Å². The highest BCUT2D eigenvalue weighted by atomic mass is 35.5. The molecule has 5 aromatic rings. The molecule has 2 saturated heterocycles. The molecule has 0 N–H and O–H groups in total. The number of anilines is 2. The van der Waals surface area contributed by atoms with Gasteiger partial charge in [-0.15, -0.1) is 0 Å². The minimum Gasteiger partial charge on any atom is -0.491 e. The average molecular weight is 734 g/mol. The minimum absolute atomic E-state index is 0.0901. The molecule has 51 heavy (non-hydrogen) atoms. The van der Waals surface area contributed by atoms with Gasteiger partial charge in [-0.1, -0.05) is 43.1 Å². The van der Waals surface area contributed by atoms with Crippen LogP contribution in [0.3, 0.4) is 0 Å². The Morgan fingerprint density at radius 3 is 2.24 bits per heavy atom. The molecule has 0 radical (unpaired) electrons. The van der Waals surface area contributed by atoms with E-state index in [0.29, 0.717) is 47.1 Å². The molecule has 0 aliphatic carbocycles. The van der Waals surface area contributed by atoms with Gasteiger partial charge in [0.15, 0.2) is 0 Å². The maximum Gasteiger partial charge on any atom is 0.350 e. The number of benzene rings is 3. The predicted molar refractivity (Wildman–Crippen MR) is 197 cm³/mol. The normalized spacial score (nSPS) is 19.3. The summed E-state index contributed by atoms with van der Waals surface area (Å²) in [6.07, 6.45) is 3.66. The summed E-state index contributed by atoms with van der Waals surface area (Å²) < 4.78 is 23.8. The maximum atomic E-state index is 13.0. The second kappa shape index (κ2) is 15.1. The standard InChI is InChI=1S/C37H42Cl2N8O4/c1-26(2)14-15-46-36(48)47(27(3)42-46)31-7-5-29(6-8-31)43-16-18-44(19-17-43)30-9-11-32(12-10-30)49-21-33-22-50-37(51-33,23-45-25-40-24-41-45)34-13-4-28(38)20-35(34)39/h4-13,20,24-26,33H,14-19,21-23H2,1-3H3/t33-,37-/m0/s1. The maximum absolute atomic E-state index is 13.0. The van der Waals surface area contributed by atoms with Gasteiger partial charge in [-0.25, -0.2) is 23.7 Å². The molecule has 12 nitrogen and oxygen atoms in total. The number of hydrogen-bond donors (Lipinski definition) is 0. The van der Waals surface area contributed by atoms with Crippen LogP contribution >= 0.6 is 23.2 Å². The molecule has 7 rings (SSSR count). The third-order valence-corrected chi connectivity index (χ3v) is 9.90. The van der Waals surface area contributed by atoms with E-state index in [0.717, 1.165) is 55.4 Å². The molecule has 0 amide bonds. The highest BCUT2D eigenvalue weighted by Gasteiger charge is 2.45. The lowest BCUT2D eigenvalue weighted by Crippen LogP contribution is -2.46. The zero-order valence-electron chi connectivity index (χ0n) is 29.0. The third-order valence-electron chi connectivity index (χ3n) is 9.35. The van der Waals surface area contributed by atoms with E-state index in [1.165, 1.54) is 6.33 Å². The number of rotatable bonds is 12. The number of ether oxygens (including phenoxy) is 3. The molecule has 4 heterocycles. The van der Waals surface area contributed by atoms with Crippen molar-refractivity contribution in [2.24, 2.45) is 5.92 Å². The van der Waals surface area contributed by atoms with Crippen LogP contribution in [0.15, 0.2) is 84.2 Å². The smallest absolute Gasteiger partial charge is 0.350 e. The molecule has 2 atom stereocenters. The highest BCUT2D eigenvalue weighted by Crippen LogP contribution is 2.40. The van der Waals surface area contributed by atoms with Crippen molar-refractivity contribution < 1.29 is 14.2 Å². The van der Waals surface area contributed by atoms with Gasteiger partial charge in [0, 0.05) is 54.7 Å². The highest BCUT2D eigenvalue weighted by molar-refractivity contribution is 6.35. The van der Waals surface area contributed by atoms with E-state index >= 15 is 0 Å². The molecule has 2 fully saturated rings. The molecule has 268 valence electrons. The molecular formula is C37H42Cl2N8O4.